The predicted octanol–water partition coefficient (Wildman–Crippen LogP) is 0.0740. The largest absolute Gasteiger partial charge is 0.378 e. The van der Waals surface area contributed by atoms with Gasteiger partial charge in [0, 0.05) is 6.54 Å². The molecule has 1 fully saturated rings. The van der Waals surface area contributed by atoms with Crippen LogP contribution in [0.1, 0.15) is 12.8 Å². The van der Waals surface area contributed by atoms with Gasteiger partial charge in [-0.15, -0.1) is 0 Å². The molecule has 0 aliphatic carbocycles. The molecule has 0 spiro atoms. The highest BCUT2D eigenvalue weighted by Gasteiger charge is 2.12. The molecule has 29 heavy (non-hydrogen) atoms. The van der Waals surface area contributed by atoms with Gasteiger partial charge in [-0.1, -0.05) is 0 Å². The van der Waals surface area contributed by atoms with Gasteiger partial charge < -0.3 is 43.8 Å². The van der Waals surface area contributed by atoms with E-state index in [2.05, 4.69) is 10.6 Å². The molecule has 1 saturated heterocycles. The smallest absolute Gasteiger partial charge is 0.0704 e. The van der Waals surface area contributed by atoms with Gasteiger partial charge in [-0.2, -0.15) is 0 Å². The van der Waals surface area contributed by atoms with E-state index in [1.807, 2.05) is 7.05 Å². The third-order valence-electron chi connectivity index (χ3n) is 4.22. The fraction of sp³-hybridized carbons (Fsp3) is 1.00. The van der Waals surface area contributed by atoms with Crippen molar-refractivity contribution in [3.8, 4) is 0 Å². The van der Waals surface area contributed by atoms with Crippen molar-refractivity contribution in [2.24, 2.45) is 0 Å². The molecule has 0 unspecified atom stereocenters. The number of rotatable bonds is 22. The summed E-state index contributed by atoms with van der Waals surface area (Å²) in [5, 5.41) is 6.34. The number of hydrogen-bond acceptors (Lipinski definition) is 9. The lowest BCUT2D eigenvalue weighted by Crippen LogP contribution is -2.33. The fourth-order valence-electron chi connectivity index (χ4n) is 2.61. The number of ether oxygens (including phenoxy) is 7. The van der Waals surface area contributed by atoms with E-state index in [1.165, 1.54) is 0 Å². The summed E-state index contributed by atoms with van der Waals surface area (Å²) in [6.45, 7) is 10.7. The molecule has 9 nitrogen and oxygen atoms in total. The fourth-order valence-corrected chi connectivity index (χ4v) is 2.61. The molecule has 2 N–H and O–H groups in total. The maximum atomic E-state index is 5.77. The van der Waals surface area contributed by atoms with Crippen LogP contribution < -0.4 is 10.6 Å². The quantitative estimate of drug-likeness (QED) is 0.235. The molecule has 0 amide bonds. The highest BCUT2D eigenvalue weighted by molar-refractivity contribution is 4.67. The molecule has 1 heterocycles. The molecule has 1 aliphatic rings. The highest BCUT2D eigenvalue weighted by atomic mass is 16.6. The Morgan fingerprint density at radius 3 is 1.38 bits per heavy atom. The van der Waals surface area contributed by atoms with E-state index in [0.29, 0.717) is 92.0 Å². The van der Waals surface area contributed by atoms with Crippen LogP contribution in [0, 0.1) is 0 Å². The van der Waals surface area contributed by atoms with E-state index >= 15 is 0 Å². The molecular weight excluding hydrogens is 380 g/mol. The Hall–Kier alpha value is -0.360. The van der Waals surface area contributed by atoms with E-state index in [4.69, 9.17) is 33.2 Å². The maximum absolute atomic E-state index is 5.77. The molecule has 0 aromatic heterocycles. The summed E-state index contributed by atoms with van der Waals surface area (Å²) in [5.74, 6) is 0. The molecule has 0 saturated carbocycles. The average molecular weight is 423 g/mol. The summed E-state index contributed by atoms with van der Waals surface area (Å²) in [5.41, 5.74) is 0. The Labute approximate surface area is 176 Å². The van der Waals surface area contributed by atoms with Crippen molar-refractivity contribution in [3.05, 3.63) is 0 Å². The van der Waals surface area contributed by atoms with Gasteiger partial charge in [-0.25, -0.2) is 0 Å². The predicted molar refractivity (Wildman–Crippen MR) is 111 cm³/mol. The van der Waals surface area contributed by atoms with E-state index in [9.17, 15) is 0 Å². The van der Waals surface area contributed by atoms with Crippen LogP contribution in [0.15, 0.2) is 0 Å². The average Bonchev–Trinajstić information content (AvgIpc) is 2.75. The molecule has 1 aliphatic heterocycles. The number of likely N-dealkylation sites (N-methyl/N-ethyl adjacent to an activating group) is 1. The van der Waals surface area contributed by atoms with Crippen LogP contribution >= 0.6 is 0 Å². The second-order valence-electron chi connectivity index (χ2n) is 6.60. The minimum absolute atomic E-state index is 0.387. The summed E-state index contributed by atoms with van der Waals surface area (Å²) in [6, 6.07) is 0. The van der Waals surface area contributed by atoms with Gasteiger partial charge in [-0.3, -0.25) is 0 Å². The highest BCUT2D eigenvalue weighted by Crippen LogP contribution is 2.06. The first-order valence-electron chi connectivity index (χ1n) is 10.9. The van der Waals surface area contributed by atoms with Crippen LogP contribution in [0.2, 0.25) is 0 Å². The van der Waals surface area contributed by atoms with Gasteiger partial charge in [0.1, 0.15) is 0 Å². The summed E-state index contributed by atoms with van der Waals surface area (Å²) in [6.07, 6.45) is 2.57. The third kappa shape index (κ3) is 19.4. The van der Waals surface area contributed by atoms with Crippen molar-refractivity contribution in [2.45, 2.75) is 18.9 Å². The minimum Gasteiger partial charge on any atom is -0.378 e. The van der Waals surface area contributed by atoms with Gasteiger partial charge in [-0.05, 0) is 33.0 Å². The molecule has 1 rings (SSSR count). The maximum Gasteiger partial charge on any atom is 0.0704 e. The summed E-state index contributed by atoms with van der Waals surface area (Å²) < 4.78 is 38.3. The van der Waals surface area contributed by atoms with Crippen molar-refractivity contribution in [1.29, 1.82) is 0 Å². The van der Waals surface area contributed by atoms with Crippen molar-refractivity contribution in [2.75, 3.05) is 113 Å². The molecule has 0 radical (unpaired) electrons. The van der Waals surface area contributed by atoms with E-state index < -0.39 is 0 Å². The normalized spacial score (nSPS) is 15.2. The van der Waals surface area contributed by atoms with Crippen LogP contribution in [-0.2, 0) is 33.2 Å². The van der Waals surface area contributed by atoms with Crippen molar-refractivity contribution < 1.29 is 33.2 Å². The number of piperidine rings is 1. The Morgan fingerprint density at radius 2 is 0.966 bits per heavy atom. The Bertz CT molecular complexity index is 321. The molecule has 0 aromatic carbocycles. The van der Waals surface area contributed by atoms with E-state index in [-0.39, 0.29) is 0 Å². The van der Waals surface area contributed by atoms with Crippen LogP contribution in [0.5, 0.6) is 0 Å². The Kier molecular flexibility index (Phi) is 20.5. The first-order valence-corrected chi connectivity index (χ1v) is 10.9. The Balaban J connectivity index is 1.63. The Morgan fingerprint density at radius 1 is 0.586 bits per heavy atom. The van der Waals surface area contributed by atoms with Gasteiger partial charge in [0.05, 0.1) is 92.0 Å². The first-order chi connectivity index (χ1) is 14.4. The second-order valence-corrected chi connectivity index (χ2v) is 6.60. The van der Waals surface area contributed by atoms with Crippen LogP contribution in [-0.4, -0.2) is 119 Å². The monoisotopic (exact) mass is 422 g/mol. The zero-order valence-electron chi connectivity index (χ0n) is 18.2. The number of nitrogens with one attached hydrogen (secondary N) is 2. The first kappa shape index (κ1) is 26.7. The van der Waals surface area contributed by atoms with Crippen molar-refractivity contribution >= 4 is 0 Å². The molecule has 174 valence electrons. The molecule has 0 atom stereocenters. The summed E-state index contributed by atoms with van der Waals surface area (Å²) in [4.78, 5) is 0. The van der Waals surface area contributed by atoms with Crippen molar-refractivity contribution in [3.63, 3.8) is 0 Å². The SMILES string of the molecule is CNCCOCCOCCOCCOCCOCCOCCOC1CCNCC1. The zero-order valence-corrected chi connectivity index (χ0v) is 18.2. The zero-order chi connectivity index (χ0) is 20.7. The molecule has 0 bridgehead atoms. The van der Waals surface area contributed by atoms with Crippen LogP contribution in [0.3, 0.4) is 0 Å². The lowest BCUT2D eigenvalue weighted by molar-refractivity contribution is -0.0306. The van der Waals surface area contributed by atoms with Crippen LogP contribution in [0.25, 0.3) is 0 Å². The lowest BCUT2D eigenvalue weighted by Gasteiger charge is -2.22. The van der Waals surface area contributed by atoms with E-state index in [1.54, 1.807) is 0 Å². The molecule has 9 heteroatoms. The van der Waals surface area contributed by atoms with Gasteiger partial charge in [0.15, 0.2) is 0 Å². The standard InChI is InChI=1S/C20H42N2O7/c1-21-6-7-23-8-9-24-10-11-25-12-13-26-14-15-27-16-17-28-18-19-29-20-2-4-22-5-3-20/h20-22H,2-19H2,1H3. The second kappa shape index (κ2) is 22.3. The molecule has 0 aromatic rings. The van der Waals surface area contributed by atoms with Gasteiger partial charge in [0.2, 0.25) is 0 Å². The topological polar surface area (TPSA) is 88.7 Å². The number of hydrogen-bond donors (Lipinski definition) is 2. The van der Waals surface area contributed by atoms with Gasteiger partial charge >= 0.3 is 0 Å². The summed E-state index contributed by atoms with van der Waals surface area (Å²) >= 11 is 0. The van der Waals surface area contributed by atoms with Gasteiger partial charge in [0.25, 0.3) is 0 Å². The third-order valence-corrected chi connectivity index (χ3v) is 4.22. The summed E-state index contributed by atoms with van der Waals surface area (Å²) in [7, 11) is 1.90. The van der Waals surface area contributed by atoms with Crippen LogP contribution in [0.4, 0.5) is 0 Å². The molecular formula is C20H42N2O7. The lowest BCUT2D eigenvalue weighted by atomic mass is 10.1. The van der Waals surface area contributed by atoms with Crippen molar-refractivity contribution in [1.82, 2.24) is 10.6 Å². The van der Waals surface area contributed by atoms with E-state index in [0.717, 1.165) is 32.5 Å². The minimum atomic E-state index is 0.387.